The second-order valence-corrected chi connectivity index (χ2v) is 7.16. The highest BCUT2D eigenvalue weighted by Gasteiger charge is 2.19. The fraction of sp³-hybridized carbons (Fsp3) is 0.391. The lowest BCUT2D eigenvalue weighted by atomic mass is 10.2. The van der Waals surface area contributed by atoms with Gasteiger partial charge in [-0.1, -0.05) is 42.8 Å². The van der Waals surface area contributed by atoms with Gasteiger partial charge in [-0.05, 0) is 36.1 Å². The fourth-order valence-electron chi connectivity index (χ4n) is 3.31. The molecule has 1 fully saturated rings. The van der Waals surface area contributed by atoms with Gasteiger partial charge in [0.25, 0.3) is 0 Å². The average Bonchev–Trinajstić information content (AvgIpc) is 2.95. The van der Waals surface area contributed by atoms with Crippen molar-refractivity contribution in [2.75, 3.05) is 20.2 Å². The molecule has 2 aromatic rings. The van der Waals surface area contributed by atoms with E-state index in [0.29, 0.717) is 37.6 Å². The van der Waals surface area contributed by atoms with Gasteiger partial charge in [0.05, 0.1) is 13.7 Å². The third-order valence-corrected chi connectivity index (χ3v) is 4.96. The van der Waals surface area contributed by atoms with Crippen molar-refractivity contribution in [3.8, 4) is 11.5 Å². The molecule has 0 saturated carbocycles. The molecule has 3 rings (SSSR count). The minimum atomic E-state index is -0.149. The zero-order valence-corrected chi connectivity index (χ0v) is 16.9. The zero-order valence-electron chi connectivity index (χ0n) is 16.9. The van der Waals surface area contributed by atoms with Crippen LogP contribution in [0.3, 0.4) is 0 Å². The number of nitrogens with one attached hydrogen (secondary N) is 1. The van der Waals surface area contributed by atoms with Crippen LogP contribution < -0.4 is 14.8 Å². The largest absolute Gasteiger partial charge is 0.493 e. The lowest BCUT2D eigenvalue weighted by Gasteiger charge is -2.20. The van der Waals surface area contributed by atoms with Crippen molar-refractivity contribution in [1.82, 2.24) is 10.2 Å². The number of carbonyl (C=O) groups excluding carboxylic acids is 2. The van der Waals surface area contributed by atoms with Crippen molar-refractivity contribution >= 4 is 11.8 Å². The fourth-order valence-corrected chi connectivity index (χ4v) is 3.31. The summed E-state index contributed by atoms with van der Waals surface area (Å²) in [6.45, 7) is 1.61. The Morgan fingerprint density at radius 1 is 1.03 bits per heavy atom. The summed E-state index contributed by atoms with van der Waals surface area (Å²) >= 11 is 0. The minimum Gasteiger partial charge on any atom is -0.493 e. The summed E-state index contributed by atoms with van der Waals surface area (Å²) < 4.78 is 11.3. The van der Waals surface area contributed by atoms with E-state index in [9.17, 15) is 9.59 Å². The first kappa shape index (κ1) is 20.7. The third-order valence-electron chi connectivity index (χ3n) is 4.96. The van der Waals surface area contributed by atoms with Gasteiger partial charge in [0, 0.05) is 19.5 Å². The predicted octanol–water partition coefficient (Wildman–Crippen LogP) is 3.29. The van der Waals surface area contributed by atoms with Crippen molar-refractivity contribution < 1.29 is 19.1 Å². The molecule has 1 heterocycles. The Morgan fingerprint density at radius 3 is 2.66 bits per heavy atom. The van der Waals surface area contributed by atoms with Crippen molar-refractivity contribution in [2.45, 2.75) is 38.8 Å². The number of ether oxygens (including phenoxy) is 2. The van der Waals surface area contributed by atoms with Gasteiger partial charge < -0.3 is 19.7 Å². The van der Waals surface area contributed by atoms with E-state index in [1.54, 1.807) is 12.0 Å². The van der Waals surface area contributed by atoms with Gasteiger partial charge in [0.15, 0.2) is 11.5 Å². The summed E-state index contributed by atoms with van der Waals surface area (Å²) in [4.78, 5) is 25.9. The van der Waals surface area contributed by atoms with Crippen LogP contribution in [0.15, 0.2) is 48.5 Å². The van der Waals surface area contributed by atoms with E-state index in [1.807, 2.05) is 48.5 Å². The summed E-state index contributed by atoms with van der Waals surface area (Å²) in [5.41, 5.74) is 1.98. The Labute approximate surface area is 171 Å². The van der Waals surface area contributed by atoms with Crippen LogP contribution in [0.1, 0.15) is 36.8 Å². The Bertz CT molecular complexity index is 823. The minimum absolute atomic E-state index is 0.0687. The first-order chi connectivity index (χ1) is 14.2. The maximum atomic E-state index is 12.3. The molecule has 0 aliphatic carbocycles. The standard InChI is InChI=1S/C23H28N2O4/c1-28-21-14-19(11-12-20(21)29-17-18-8-4-2-5-9-18)15-24-22(26)16-25-13-7-3-6-10-23(25)27/h2,4-5,8-9,11-12,14H,3,6-7,10,13,15-17H2,1H3,(H,24,26). The highest BCUT2D eigenvalue weighted by atomic mass is 16.5. The van der Waals surface area contributed by atoms with E-state index in [0.717, 1.165) is 30.4 Å². The summed E-state index contributed by atoms with van der Waals surface area (Å²) in [6.07, 6.45) is 3.45. The molecule has 0 bridgehead atoms. The number of rotatable bonds is 8. The van der Waals surface area contributed by atoms with Crippen molar-refractivity contribution in [3.63, 3.8) is 0 Å². The molecular weight excluding hydrogens is 368 g/mol. The Morgan fingerprint density at radius 2 is 1.86 bits per heavy atom. The topological polar surface area (TPSA) is 67.9 Å². The summed E-state index contributed by atoms with van der Waals surface area (Å²) in [6, 6.07) is 15.5. The first-order valence-corrected chi connectivity index (χ1v) is 10.0. The molecule has 0 unspecified atom stereocenters. The van der Waals surface area contributed by atoms with Crippen molar-refractivity contribution in [3.05, 3.63) is 59.7 Å². The highest BCUT2D eigenvalue weighted by Crippen LogP contribution is 2.28. The lowest BCUT2D eigenvalue weighted by Crippen LogP contribution is -2.40. The maximum Gasteiger partial charge on any atom is 0.239 e. The SMILES string of the molecule is COc1cc(CNC(=O)CN2CCCCCC2=O)ccc1OCc1ccccc1. The molecule has 0 aromatic heterocycles. The highest BCUT2D eigenvalue weighted by molar-refractivity contribution is 5.84. The van der Waals surface area contributed by atoms with Gasteiger partial charge in [-0.2, -0.15) is 0 Å². The van der Waals surface area contributed by atoms with Gasteiger partial charge >= 0.3 is 0 Å². The quantitative estimate of drug-likeness (QED) is 0.744. The van der Waals surface area contributed by atoms with Gasteiger partial charge in [0.2, 0.25) is 11.8 Å². The number of benzene rings is 2. The number of carbonyl (C=O) groups is 2. The third kappa shape index (κ3) is 6.24. The van der Waals surface area contributed by atoms with Gasteiger partial charge in [-0.15, -0.1) is 0 Å². The van der Waals surface area contributed by atoms with E-state index in [1.165, 1.54) is 0 Å². The Kier molecular flexibility index (Phi) is 7.50. The van der Waals surface area contributed by atoms with Gasteiger partial charge in [0.1, 0.15) is 6.61 Å². The first-order valence-electron chi connectivity index (χ1n) is 10.0. The van der Waals surface area contributed by atoms with Crippen LogP contribution in [0.5, 0.6) is 11.5 Å². The van der Waals surface area contributed by atoms with Crippen LogP contribution in [-0.4, -0.2) is 36.9 Å². The molecule has 154 valence electrons. The molecule has 0 radical (unpaired) electrons. The normalized spacial score (nSPS) is 14.2. The van der Waals surface area contributed by atoms with Crippen molar-refractivity contribution in [1.29, 1.82) is 0 Å². The Hall–Kier alpha value is -3.02. The smallest absolute Gasteiger partial charge is 0.239 e. The summed E-state index contributed by atoms with van der Waals surface area (Å²) in [7, 11) is 1.60. The summed E-state index contributed by atoms with van der Waals surface area (Å²) in [5.74, 6) is 1.19. The predicted molar refractivity (Wildman–Crippen MR) is 111 cm³/mol. The maximum absolute atomic E-state index is 12.3. The molecule has 0 atom stereocenters. The molecule has 1 saturated heterocycles. The van der Waals surface area contributed by atoms with E-state index in [-0.39, 0.29) is 18.4 Å². The number of nitrogens with zero attached hydrogens (tertiary/aromatic N) is 1. The number of likely N-dealkylation sites (tertiary alicyclic amines) is 1. The molecule has 6 nitrogen and oxygen atoms in total. The molecule has 6 heteroatoms. The molecule has 29 heavy (non-hydrogen) atoms. The van der Waals surface area contributed by atoms with E-state index < -0.39 is 0 Å². The number of methoxy groups -OCH3 is 1. The van der Waals surface area contributed by atoms with Crippen LogP contribution in [0.4, 0.5) is 0 Å². The van der Waals surface area contributed by atoms with Crippen LogP contribution in [0, 0.1) is 0 Å². The monoisotopic (exact) mass is 396 g/mol. The van der Waals surface area contributed by atoms with Gasteiger partial charge in [-0.25, -0.2) is 0 Å². The second-order valence-electron chi connectivity index (χ2n) is 7.16. The van der Waals surface area contributed by atoms with Crippen LogP contribution in [-0.2, 0) is 22.7 Å². The van der Waals surface area contributed by atoms with Crippen molar-refractivity contribution in [2.24, 2.45) is 0 Å². The van der Waals surface area contributed by atoms with E-state index in [4.69, 9.17) is 9.47 Å². The number of hydrogen-bond donors (Lipinski definition) is 1. The van der Waals surface area contributed by atoms with E-state index in [2.05, 4.69) is 5.32 Å². The second kappa shape index (κ2) is 10.5. The van der Waals surface area contributed by atoms with Crippen LogP contribution >= 0.6 is 0 Å². The lowest BCUT2D eigenvalue weighted by molar-refractivity contribution is -0.135. The Balaban J connectivity index is 1.52. The summed E-state index contributed by atoms with van der Waals surface area (Å²) in [5, 5.41) is 2.89. The zero-order chi connectivity index (χ0) is 20.5. The van der Waals surface area contributed by atoms with E-state index >= 15 is 0 Å². The van der Waals surface area contributed by atoms with Crippen LogP contribution in [0.2, 0.25) is 0 Å². The molecule has 1 N–H and O–H groups in total. The molecule has 1 aliphatic rings. The molecular formula is C23H28N2O4. The van der Waals surface area contributed by atoms with Crippen LogP contribution in [0.25, 0.3) is 0 Å². The molecule has 0 spiro atoms. The molecule has 2 aromatic carbocycles. The number of amides is 2. The number of hydrogen-bond acceptors (Lipinski definition) is 4. The van der Waals surface area contributed by atoms with Gasteiger partial charge in [-0.3, -0.25) is 9.59 Å². The average molecular weight is 396 g/mol. The molecule has 1 aliphatic heterocycles. The molecule has 2 amide bonds.